The van der Waals surface area contributed by atoms with Gasteiger partial charge in [0, 0.05) is 31.6 Å². The van der Waals surface area contributed by atoms with Crippen molar-refractivity contribution in [3.05, 3.63) is 35.4 Å². The highest BCUT2D eigenvalue weighted by Gasteiger charge is 2.38. The lowest BCUT2D eigenvalue weighted by Gasteiger charge is -2.38. The number of carbonyl (C=O) groups excluding carboxylic acids is 3. The van der Waals surface area contributed by atoms with Gasteiger partial charge in [0.1, 0.15) is 0 Å². The van der Waals surface area contributed by atoms with Crippen LogP contribution in [-0.2, 0) is 16.0 Å². The Morgan fingerprint density at radius 1 is 1.11 bits per heavy atom. The van der Waals surface area contributed by atoms with Crippen molar-refractivity contribution in [2.45, 2.75) is 32.1 Å². The molecule has 1 aromatic carbocycles. The number of nitrogens with one attached hydrogen (secondary N) is 2. The maximum atomic E-state index is 12.8. The summed E-state index contributed by atoms with van der Waals surface area (Å²) >= 11 is 0. The quantitative estimate of drug-likeness (QED) is 0.766. The van der Waals surface area contributed by atoms with Crippen molar-refractivity contribution in [1.82, 2.24) is 15.5 Å². The fourth-order valence-corrected chi connectivity index (χ4v) is 4.43. The SMILES string of the molecule is Cl.O=C1CC(Cc2ccc(C(=O)N3CCC4(CCNC4)CC3)cc2)C(=O)N1. The number of nitrogens with zero attached hydrogens (tertiary/aromatic N) is 1. The molecule has 1 spiro atoms. The predicted octanol–water partition coefficient (Wildman–Crippen LogP) is 1.53. The van der Waals surface area contributed by atoms with E-state index in [4.69, 9.17) is 0 Å². The summed E-state index contributed by atoms with van der Waals surface area (Å²) < 4.78 is 0. The molecule has 7 heteroatoms. The molecular formula is C20H26ClN3O3. The molecule has 27 heavy (non-hydrogen) atoms. The smallest absolute Gasteiger partial charge is 0.253 e. The normalized spacial score (nSPS) is 24.0. The van der Waals surface area contributed by atoms with Gasteiger partial charge in [-0.25, -0.2) is 0 Å². The third-order valence-corrected chi connectivity index (χ3v) is 6.19. The van der Waals surface area contributed by atoms with Crippen molar-refractivity contribution < 1.29 is 14.4 Å². The van der Waals surface area contributed by atoms with Crippen LogP contribution in [0.25, 0.3) is 0 Å². The highest BCUT2D eigenvalue weighted by atomic mass is 35.5. The lowest BCUT2D eigenvalue weighted by Crippen LogP contribution is -2.44. The Kier molecular flexibility index (Phi) is 5.86. The van der Waals surface area contributed by atoms with Crippen LogP contribution in [0.4, 0.5) is 0 Å². The number of likely N-dealkylation sites (tertiary alicyclic amines) is 1. The maximum Gasteiger partial charge on any atom is 0.253 e. The summed E-state index contributed by atoms with van der Waals surface area (Å²) in [6.07, 6.45) is 4.17. The lowest BCUT2D eigenvalue weighted by molar-refractivity contribution is -0.125. The Morgan fingerprint density at radius 2 is 1.81 bits per heavy atom. The summed E-state index contributed by atoms with van der Waals surface area (Å²) in [4.78, 5) is 37.7. The largest absolute Gasteiger partial charge is 0.339 e. The fourth-order valence-electron chi connectivity index (χ4n) is 4.43. The van der Waals surface area contributed by atoms with Gasteiger partial charge in [0.2, 0.25) is 11.8 Å². The van der Waals surface area contributed by atoms with Crippen LogP contribution in [0.5, 0.6) is 0 Å². The molecule has 3 fully saturated rings. The first-order valence-corrected chi connectivity index (χ1v) is 9.47. The molecule has 6 nitrogen and oxygen atoms in total. The van der Waals surface area contributed by atoms with E-state index >= 15 is 0 Å². The molecule has 4 rings (SSSR count). The van der Waals surface area contributed by atoms with Crippen molar-refractivity contribution in [3.63, 3.8) is 0 Å². The van der Waals surface area contributed by atoms with E-state index in [9.17, 15) is 14.4 Å². The molecule has 0 bridgehead atoms. The van der Waals surface area contributed by atoms with Gasteiger partial charge < -0.3 is 10.2 Å². The van der Waals surface area contributed by atoms with Gasteiger partial charge in [0.15, 0.2) is 0 Å². The number of piperidine rings is 1. The average molecular weight is 392 g/mol. The first-order chi connectivity index (χ1) is 12.5. The number of rotatable bonds is 3. The van der Waals surface area contributed by atoms with E-state index in [2.05, 4.69) is 10.6 Å². The van der Waals surface area contributed by atoms with Gasteiger partial charge in [0.25, 0.3) is 5.91 Å². The molecule has 146 valence electrons. The van der Waals surface area contributed by atoms with E-state index < -0.39 is 0 Å². The maximum absolute atomic E-state index is 12.8. The van der Waals surface area contributed by atoms with Crippen LogP contribution in [0.2, 0.25) is 0 Å². The Hall–Kier alpha value is -1.92. The highest BCUT2D eigenvalue weighted by molar-refractivity contribution is 6.03. The Labute approximate surface area is 165 Å². The van der Waals surface area contributed by atoms with Gasteiger partial charge >= 0.3 is 0 Å². The number of hydrogen-bond acceptors (Lipinski definition) is 4. The number of imide groups is 1. The minimum atomic E-state index is -0.289. The topological polar surface area (TPSA) is 78.5 Å². The summed E-state index contributed by atoms with van der Waals surface area (Å²) in [6.45, 7) is 3.83. The Morgan fingerprint density at radius 3 is 2.37 bits per heavy atom. The molecule has 0 aromatic heterocycles. The highest BCUT2D eigenvalue weighted by Crippen LogP contribution is 2.37. The third kappa shape index (κ3) is 4.17. The van der Waals surface area contributed by atoms with Crippen LogP contribution < -0.4 is 10.6 Å². The van der Waals surface area contributed by atoms with E-state index in [0.29, 0.717) is 17.4 Å². The summed E-state index contributed by atoms with van der Waals surface area (Å²) in [5, 5.41) is 5.78. The molecule has 1 aromatic rings. The zero-order valence-electron chi connectivity index (χ0n) is 15.3. The van der Waals surface area contributed by atoms with Crippen molar-refractivity contribution in [2.24, 2.45) is 11.3 Å². The molecule has 3 aliphatic heterocycles. The molecule has 0 aliphatic carbocycles. The molecule has 1 unspecified atom stereocenters. The second kappa shape index (κ2) is 7.98. The molecule has 2 N–H and O–H groups in total. The van der Waals surface area contributed by atoms with Crippen LogP contribution in [0.1, 0.15) is 41.6 Å². The number of amides is 3. The van der Waals surface area contributed by atoms with Gasteiger partial charge in [-0.1, -0.05) is 12.1 Å². The second-order valence-electron chi connectivity index (χ2n) is 7.93. The molecule has 0 saturated carbocycles. The summed E-state index contributed by atoms with van der Waals surface area (Å²) in [5.41, 5.74) is 2.08. The molecule has 3 aliphatic rings. The van der Waals surface area contributed by atoms with E-state index in [1.807, 2.05) is 29.2 Å². The van der Waals surface area contributed by atoms with Crippen molar-refractivity contribution in [1.29, 1.82) is 0 Å². The number of halogens is 1. The zero-order valence-corrected chi connectivity index (χ0v) is 16.1. The number of benzene rings is 1. The fraction of sp³-hybridized carbons (Fsp3) is 0.550. The number of hydrogen-bond donors (Lipinski definition) is 2. The summed E-state index contributed by atoms with van der Waals surface area (Å²) in [6, 6.07) is 7.48. The van der Waals surface area contributed by atoms with E-state index in [1.165, 1.54) is 6.42 Å². The zero-order chi connectivity index (χ0) is 18.1. The first-order valence-electron chi connectivity index (χ1n) is 9.47. The minimum Gasteiger partial charge on any atom is -0.339 e. The van der Waals surface area contributed by atoms with Gasteiger partial charge in [0.05, 0.1) is 5.92 Å². The molecule has 0 radical (unpaired) electrons. The summed E-state index contributed by atoms with van der Waals surface area (Å²) in [5.74, 6) is -0.598. The third-order valence-electron chi connectivity index (χ3n) is 6.19. The lowest BCUT2D eigenvalue weighted by atomic mass is 9.78. The molecule has 1 atom stereocenters. The molecule has 3 saturated heterocycles. The summed E-state index contributed by atoms with van der Waals surface area (Å²) in [7, 11) is 0. The van der Waals surface area contributed by atoms with E-state index in [1.54, 1.807) is 0 Å². The standard InChI is InChI=1S/C20H25N3O3.ClH/c24-17-12-16(18(25)22-17)11-14-1-3-15(4-2-14)19(26)23-9-6-20(7-10-23)5-8-21-13-20;/h1-4,16,21H,5-13H2,(H,22,24,25);1H. The van der Waals surface area contributed by atoms with Gasteiger partial charge in [-0.05, 0) is 55.3 Å². The monoisotopic (exact) mass is 391 g/mol. The van der Waals surface area contributed by atoms with Gasteiger partial charge in [-0.15, -0.1) is 12.4 Å². The number of carbonyl (C=O) groups is 3. The minimum absolute atomic E-state index is 0. The van der Waals surface area contributed by atoms with Gasteiger partial charge in [-0.3, -0.25) is 19.7 Å². The van der Waals surface area contributed by atoms with Crippen LogP contribution >= 0.6 is 12.4 Å². The Bertz CT molecular complexity index is 718. The van der Waals surface area contributed by atoms with E-state index in [-0.39, 0.29) is 42.5 Å². The first kappa shape index (κ1) is 19.8. The molecule has 3 amide bonds. The van der Waals surface area contributed by atoms with Crippen molar-refractivity contribution in [3.8, 4) is 0 Å². The van der Waals surface area contributed by atoms with Crippen LogP contribution in [-0.4, -0.2) is 48.8 Å². The van der Waals surface area contributed by atoms with Crippen LogP contribution in [0, 0.1) is 11.3 Å². The van der Waals surface area contributed by atoms with Gasteiger partial charge in [-0.2, -0.15) is 0 Å². The predicted molar refractivity (Wildman–Crippen MR) is 104 cm³/mol. The molecular weight excluding hydrogens is 366 g/mol. The molecule has 3 heterocycles. The Balaban J connectivity index is 0.00000210. The van der Waals surface area contributed by atoms with Crippen LogP contribution in [0.3, 0.4) is 0 Å². The van der Waals surface area contributed by atoms with Crippen LogP contribution in [0.15, 0.2) is 24.3 Å². The second-order valence-corrected chi connectivity index (χ2v) is 7.93. The average Bonchev–Trinajstić information content (AvgIpc) is 3.22. The van der Waals surface area contributed by atoms with Crippen molar-refractivity contribution in [2.75, 3.05) is 26.2 Å². The van der Waals surface area contributed by atoms with E-state index in [0.717, 1.165) is 44.6 Å². The van der Waals surface area contributed by atoms with Crippen molar-refractivity contribution >= 4 is 30.1 Å².